The van der Waals surface area contributed by atoms with Gasteiger partial charge in [0.2, 0.25) is 11.2 Å². The number of hydrogen-bond acceptors (Lipinski definition) is 1. The number of aryl methyl sites for hydroxylation is 4. The summed E-state index contributed by atoms with van der Waals surface area (Å²) in [6.07, 6.45) is 2.83. The van der Waals surface area contributed by atoms with Crippen LogP contribution in [-0.4, -0.2) is 5.54 Å². The van der Waals surface area contributed by atoms with Crippen molar-refractivity contribution in [2.75, 3.05) is 0 Å². The molecule has 3 aromatic carbocycles. The van der Waals surface area contributed by atoms with Crippen LogP contribution in [0.3, 0.4) is 0 Å². The van der Waals surface area contributed by atoms with Gasteiger partial charge in [-0.05, 0) is 59.7 Å². The Morgan fingerprint density at radius 3 is 2.55 bits per heavy atom. The van der Waals surface area contributed by atoms with Crippen LogP contribution in [0.2, 0.25) is 0 Å². The molecule has 0 spiro atoms. The van der Waals surface area contributed by atoms with E-state index in [-0.39, 0.29) is 0 Å². The van der Waals surface area contributed by atoms with Gasteiger partial charge in [0.05, 0.1) is 17.4 Å². The van der Waals surface area contributed by atoms with Gasteiger partial charge in [-0.2, -0.15) is 0 Å². The Bertz CT molecular complexity index is 1450. The Morgan fingerprint density at radius 1 is 1.03 bits per heavy atom. The highest BCUT2D eigenvalue weighted by Crippen LogP contribution is 2.51. The molecule has 3 heteroatoms. The van der Waals surface area contributed by atoms with Crippen LogP contribution in [0.15, 0.2) is 42.6 Å². The van der Waals surface area contributed by atoms with Crippen LogP contribution < -0.4 is 9.30 Å². The third-order valence-electron chi connectivity index (χ3n) is 6.64. The third kappa shape index (κ3) is 2.82. The highest BCUT2D eigenvalue weighted by molar-refractivity contribution is 6.07. The van der Waals surface area contributed by atoms with Crippen LogP contribution in [0.5, 0.6) is 11.5 Å². The van der Waals surface area contributed by atoms with E-state index in [2.05, 4.69) is 79.8 Å². The maximum absolute atomic E-state index is 7.53. The number of fused-ring (bicyclic) bond motifs is 3. The van der Waals surface area contributed by atoms with Crippen molar-refractivity contribution in [3.8, 4) is 22.8 Å². The van der Waals surface area contributed by atoms with Crippen LogP contribution in [0.1, 0.15) is 36.1 Å². The minimum absolute atomic E-state index is 0.435. The summed E-state index contributed by atoms with van der Waals surface area (Å²) in [6, 6.07) is 13.0. The van der Waals surface area contributed by atoms with Gasteiger partial charge in [-0.25, -0.2) is 11.1 Å². The molecule has 0 unspecified atom stereocenters. The quantitative estimate of drug-likeness (QED) is 0.234. The molecule has 0 radical (unpaired) electrons. The summed E-state index contributed by atoms with van der Waals surface area (Å²) in [5.74, 6) is 1.85. The molecule has 31 heavy (non-hydrogen) atoms. The molecule has 1 aromatic heterocycles. The fraction of sp³-hybridized carbons (Fsp3) is 0.286. The summed E-state index contributed by atoms with van der Waals surface area (Å²) in [6.45, 7) is 18.1. The number of rotatable bonds is 2. The summed E-state index contributed by atoms with van der Waals surface area (Å²) in [5, 5.41) is 4.88. The first-order valence-electron chi connectivity index (χ1n) is 10.8. The van der Waals surface area contributed by atoms with Gasteiger partial charge in [-0.1, -0.05) is 24.3 Å². The van der Waals surface area contributed by atoms with Gasteiger partial charge in [-0.15, -0.1) is 0 Å². The Kier molecular flexibility index (Phi) is 4.14. The van der Waals surface area contributed by atoms with Crippen molar-refractivity contribution < 1.29 is 9.30 Å². The minimum atomic E-state index is -0.435. The molecule has 0 N–H and O–H groups in total. The molecule has 0 bridgehead atoms. The molecule has 0 fully saturated rings. The number of benzene rings is 3. The molecular weight excluding hydrogens is 380 g/mol. The molecule has 0 amide bonds. The number of aromatic nitrogens is 1. The lowest BCUT2D eigenvalue weighted by Gasteiger charge is -2.25. The van der Waals surface area contributed by atoms with E-state index in [1.807, 2.05) is 13.8 Å². The first kappa shape index (κ1) is 19.6. The van der Waals surface area contributed by atoms with Gasteiger partial charge in [0, 0.05) is 25.5 Å². The van der Waals surface area contributed by atoms with E-state index in [1.165, 1.54) is 38.7 Å². The predicted octanol–water partition coefficient (Wildman–Crippen LogP) is 6.76. The SMILES string of the molecule is [C-]#[N+]C(C)(C)Cc1cc2c3c([n+](C)ccc3c1)-c1c(c(C)c3c(C)cccc3c1C)O2. The van der Waals surface area contributed by atoms with Crippen molar-refractivity contribution in [1.29, 1.82) is 0 Å². The van der Waals surface area contributed by atoms with Gasteiger partial charge in [0.15, 0.2) is 6.20 Å². The van der Waals surface area contributed by atoms with Crippen LogP contribution in [-0.2, 0) is 13.5 Å². The average Bonchev–Trinajstić information content (AvgIpc) is 2.73. The number of nitrogens with zero attached hydrogens (tertiary/aromatic N) is 2. The lowest BCUT2D eigenvalue weighted by molar-refractivity contribution is -0.659. The zero-order chi connectivity index (χ0) is 22.1. The lowest BCUT2D eigenvalue weighted by atomic mass is 9.87. The van der Waals surface area contributed by atoms with E-state index in [1.54, 1.807) is 0 Å². The molecule has 5 rings (SSSR count). The number of pyridine rings is 1. The second-order valence-electron chi connectivity index (χ2n) is 9.49. The molecule has 1 aliphatic heterocycles. The van der Waals surface area contributed by atoms with E-state index in [0.29, 0.717) is 6.42 Å². The second kappa shape index (κ2) is 6.56. The van der Waals surface area contributed by atoms with Crippen molar-refractivity contribution in [3.63, 3.8) is 0 Å². The Labute approximate surface area is 183 Å². The number of ether oxygens (including phenoxy) is 1. The molecular formula is C28H27N2O+. The highest BCUT2D eigenvalue weighted by atomic mass is 16.5. The molecule has 154 valence electrons. The Morgan fingerprint density at radius 2 is 1.81 bits per heavy atom. The molecule has 1 aliphatic rings. The normalized spacial score (nSPS) is 12.5. The first-order valence-corrected chi connectivity index (χ1v) is 10.8. The highest BCUT2D eigenvalue weighted by Gasteiger charge is 2.33. The van der Waals surface area contributed by atoms with Crippen LogP contribution in [0.25, 0.3) is 37.6 Å². The van der Waals surface area contributed by atoms with Crippen molar-refractivity contribution in [2.45, 2.75) is 46.6 Å². The van der Waals surface area contributed by atoms with Gasteiger partial charge >= 0.3 is 0 Å². The second-order valence-corrected chi connectivity index (χ2v) is 9.49. The Balaban J connectivity index is 1.88. The van der Waals surface area contributed by atoms with E-state index in [4.69, 9.17) is 11.3 Å². The Hall–Kier alpha value is -3.38. The number of hydrogen-bond donors (Lipinski definition) is 0. The van der Waals surface area contributed by atoms with Crippen molar-refractivity contribution in [3.05, 3.63) is 76.3 Å². The first-order chi connectivity index (χ1) is 14.7. The zero-order valence-corrected chi connectivity index (χ0v) is 19.1. The maximum Gasteiger partial charge on any atom is 0.231 e. The van der Waals surface area contributed by atoms with Gasteiger partial charge in [0.1, 0.15) is 18.5 Å². The van der Waals surface area contributed by atoms with Crippen LogP contribution in [0.4, 0.5) is 0 Å². The molecule has 3 nitrogen and oxygen atoms in total. The molecule has 4 aromatic rings. The van der Waals surface area contributed by atoms with Gasteiger partial charge in [-0.3, -0.25) is 0 Å². The largest absolute Gasteiger partial charge is 0.455 e. The summed E-state index contributed by atoms with van der Waals surface area (Å²) in [4.78, 5) is 3.81. The molecule has 2 heterocycles. The van der Waals surface area contributed by atoms with Crippen molar-refractivity contribution in [1.82, 2.24) is 0 Å². The van der Waals surface area contributed by atoms with Gasteiger partial charge < -0.3 is 9.58 Å². The fourth-order valence-electron chi connectivity index (χ4n) is 5.15. The smallest absolute Gasteiger partial charge is 0.231 e. The van der Waals surface area contributed by atoms with E-state index in [9.17, 15) is 0 Å². The lowest BCUT2D eigenvalue weighted by Crippen LogP contribution is -2.32. The van der Waals surface area contributed by atoms with Crippen LogP contribution >= 0.6 is 0 Å². The van der Waals surface area contributed by atoms with E-state index < -0.39 is 5.54 Å². The molecule has 0 aliphatic carbocycles. The average molecular weight is 408 g/mol. The van der Waals surface area contributed by atoms with E-state index >= 15 is 0 Å². The monoisotopic (exact) mass is 407 g/mol. The molecule has 0 saturated heterocycles. The third-order valence-corrected chi connectivity index (χ3v) is 6.64. The summed E-state index contributed by atoms with van der Waals surface area (Å²) in [7, 11) is 2.11. The van der Waals surface area contributed by atoms with Gasteiger partial charge in [0.25, 0.3) is 0 Å². The topological polar surface area (TPSA) is 17.5 Å². The van der Waals surface area contributed by atoms with Crippen LogP contribution in [0, 0.1) is 27.3 Å². The van der Waals surface area contributed by atoms with E-state index in [0.717, 1.165) is 27.8 Å². The zero-order valence-electron chi connectivity index (χ0n) is 19.1. The fourth-order valence-corrected chi connectivity index (χ4v) is 5.15. The maximum atomic E-state index is 7.53. The standard InChI is InChI=1S/C28H27N2O/c1-16-9-8-10-21-17(2)24-26-25-20(11-12-30(26)7)13-19(15-28(4,5)29-6)14-22(25)31-27(24)18(3)23(16)21/h8-14H,15H2,1-5,7H3/q+1. The molecule has 0 atom stereocenters. The summed E-state index contributed by atoms with van der Waals surface area (Å²) < 4.78 is 8.89. The van der Waals surface area contributed by atoms with Crippen molar-refractivity contribution in [2.24, 2.45) is 7.05 Å². The summed E-state index contributed by atoms with van der Waals surface area (Å²) >= 11 is 0. The minimum Gasteiger partial charge on any atom is -0.455 e. The van der Waals surface area contributed by atoms with Crippen molar-refractivity contribution >= 4 is 21.5 Å². The molecule has 0 saturated carbocycles. The summed E-state index contributed by atoms with van der Waals surface area (Å²) in [5.41, 5.74) is 6.80. The predicted molar refractivity (Wildman–Crippen MR) is 127 cm³/mol.